The lowest BCUT2D eigenvalue weighted by atomic mass is 10.1. The predicted octanol–water partition coefficient (Wildman–Crippen LogP) is 0.951. The van der Waals surface area contributed by atoms with Gasteiger partial charge in [-0.3, -0.25) is 9.48 Å². The topological polar surface area (TPSA) is 93.5 Å². The molecule has 0 saturated carbocycles. The zero-order valence-corrected chi connectivity index (χ0v) is 12.5. The van der Waals surface area contributed by atoms with Crippen molar-refractivity contribution in [3.63, 3.8) is 0 Å². The van der Waals surface area contributed by atoms with Crippen LogP contribution in [-0.2, 0) is 16.6 Å². The summed E-state index contributed by atoms with van der Waals surface area (Å²) in [4.78, 5) is 22.8. The summed E-state index contributed by atoms with van der Waals surface area (Å²) in [6.45, 7) is 6.90. The largest absolute Gasteiger partial charge is 0.480 e. The lowest BCUT2D eigenvalue weighted by molar-refractivity contribution is -0.142. The van der Waals surface area contributed by atoms with Crippen molar-refractivity contribution >= 4 is 11.9 Å². The number of amides is 1. The van der Waals surface area contributed by atoms with Gasteiger partial charge in [-0.15, -0.1) is 6.58 Å². The van der Waals surface area contributed by atoms with Gasteiger partial charge in [0, 0.05) is 7.05 Å². The summed E-state index contributed by atoms with van der Waals surface area (Å²) in [5.74, 6) is -1.00. The van der Waals surface area contributed by atoms with Gasteiger partial charge in [0.15, 0.2) is 12.4 Å². The molecule has 7 nitrogen and oxygen atoms in total. The third-order valence-electron chi connectivity index (χ3n) is 3.08. The number of nitrogens with zero attached hydrogens (tertiary/aromatic N) is 2. The van der Waals surface area contributed by atoms with Gasteiger partial charge in [-0.05, 0) is 26.7 Å². The smallest absolute Gasteiger partial charge is 0.326 e. The third-order valence-corrected chi connectivity index (χ3v) is 3.08. The maximum Gasteiger partial charge on any atom is 0.326 e. The van der Waals surface area contributed by atoms with Crippen LogP contribution >= 0.6 is 0 Å². The summed E-state index contributed by atoms with van der Waals surface area (Å²) in [7, 11) is 1.78. The number of carbonyl (C=O) groups is 2. The van der Waals surface area contributed by atoms with Gasteiger partial charge in [0.25, 0.3) is 5.91 Å². The molecular formula is C14H21N3O4. The van der Waals surface area contributed by atoms with E-state index >= 15 is 0 Å². The molecule has 0 aromatic carbocycles. The zero-order chi connectivity index (χ0) is 16.0. The van der Waals surface area contributed by atoms with E-state index in [0.29, 0.717) is 24.3 Å². The number of aryl methyl sites for hydroxylation is 2. The molecule has 1 aromatic heterocycles. The van der Waals surface area contributed by atoms with E-state index < -0.39 is 17.9 Å². The van der Waals surface area contributed by atoms with Crippen molar-refractivity contribution in [2.24, 2.45) is 7.05 Å². The second-order valence-electron chi connectivity index (χ2n) is 4.74. The Morgan fingerprint density at radius 3 is 2.67 bits per heavy atom. The monoisotopic (exact) mass is 295 g/mol. The van der Waals surface area contributed by atoms with Crippen molar-refractivity contribution in [1.82, 2.24) is 15.1 Å². The van der Waals surface area contributed by atoms with Crippen LogP contribution in [0.2, 0.25) is 0 Å². The molecule has 0 aliphatic heterocycles. The molecule has 7 heteroatoms. The fraction of sp³-hybridized carbons (Fsp3) is 0.500. The maximum absolute atomic E-state index is 11.8. The maximum atomic E-state index is 11.8. The summed E-state index contributed by atoms with van der Waals surface area (Å²) in [6, 6.07) is -0.935. The molecule has 1 aromatic rings. The number of allylic oxidation sites excluding steroid dienone is 1. The highest BCUT2D eigenvalue weighted by Crippen LogP contribution is 2.20. The van der Waals surface area contributed by atoms with E-state index in [9.17, 15) is 9.59 Å². The van der Waals surface area contributed by atoms with Crippen molar-refractivity contribution < 1.29 is 19.4 Å². The first-order valence-corrected chi connectivity index (χ1v) is 6.62. The van der Waals surface area contributed by atoms with Crippen molar-refractivity contribution in [2.45, 2.75) is 32.7 Å². The number of carboxylic acid groups (broad SMARTS) is 1. The predicted molar refractivity (Wildman–Crippen MR) is 77.2 cm³/mol. The highest BCUT2D eigenvalue weighted by Gasteiger charge is 2.20. The standard InChI is InChI=1S/C14H21N3O4/c1-5-6-7-11(14(19)20)15-12(18)8-21-13-9(2)16-17(4)10(13)3/h5,11H,1,6-8H2,2-4H3,(H,15,18)(H,19,20). The first kappa shape index (κ1) is 16.7. The number of aromatic nitrogens is 2. The molecule has 0 aliphatic carbocycles. The molecule has 1 rings (SSSR count). The SMILES string of the molecule is C=CCCC(NC(=O)COc1c(C)nn(C)c1C)C(=O)O. The van der Waals surface area contributed by atoms with Gasteiger partial charge < -0.3 is 15.2 Å². The summed E-state index contributed by atoms with van der Waals surface area (Å²) >= 11 is 0. The quantitative estimate of drug-likeness (QED) is 0.696. The van der Waals surface area contributed by atoms with Gasteiger partial charge in [-0.1, -0.05) is 6.08 Å². The van der Waals surface area contributed by atoms with Crippen LogP contribution < -0.4 is 10.1 Å². The summed E-state index contributed by atoms with van der Waals surface area (Å²) in [6.07, 6.45) is 2.43. The molecule has 21 heavy (non-hydrogen) atoms. The fourth-order valence-electron chi connectivity index (χ4n) is 1.88. The van der Waals surface area contributed by atoms with Crippen molar-refractivity contribution in [1.29, 1.82) is 0 Å². The van der Waals surface area contributed by atoms with Crippen LogP contribution in [0.5, 0.6) is 5.75 Å². The number of hydrogen-bond donors (Lipinski definition) is 2. The Bertz CT molecular complexity index is 537. The van der Waals surface area contributed by atoms with E-state index in [1.807, 2.05) is 6.92 Å². The van der Waals surface area contributed by atoms with Crippen molar-refractivity contribution in [3.8, 4) is 5.75 Å². The summed E-state index contributed by atoms with van der Waals surface area (Å²) < 4.78 is 7.09. The minimum Gasteiger partial charge on any atom is -0.480 e. The van der Waals surface area contributed by atoms with Gasteiger partial charge in [0.2, 0.25) is 0 Å². The van der Waals surface area contributed by atoms with Crippen LogP contribution in [0.15, 0.2) is 12.7 Å². The molecule has 0 saturated heterocycles. The lowest BCUT2D eigenvalue weighted by Crippen LogP contribution is -2.42. The number of ether oxygens (including phenoxy) is 1. The Morgan fingerprint density at radius 2 is 2.19 bits per heavy atom. The molecule has 1 atom stereocenters. The van der Waals surface area contributed by atoms with Gasteiger partial charge >= 0.3 is 5.97 Å². The highest BCUT2D eigenvalue weighted by atomic mass is 16.5. The molecule has 0 radical (unpaired) electrons. The van der Waals surface area contributed by atoms with Gasteiger partial charge in [0.05, 0.1) is 5.69 Å². The van der Waals surface area contributed by atoms with Crippen LogP contribution in [0.3, 0.4) is 0 Å². The normalized spacial score (nSPS) is 11.8. The zero-order valence-electron chi connectivity index (χ0n) is 12.5. The molecule has 0 bridgehead atoms. The third kappa shape index (κ3) is 4.62. The summed E-state index contributed by atoms with van der Waals surface area (Å²) in [5.41, 5.74) is 1.49. The van der Waals surface area contributed by atoms with E-state index in [-0.39, 0.29) is 6.61 Å². The Kier molecular flexibility index (Phi) is 5.95. The molecule has 1 heterocycles. The number of nitrogens with one attached hydrogen (secondary N) is 1. The summed E-state index contributed by atoms with van der Waals surface area (Å²) in [5, 5.41) is 15.6. The molecular weight excluding hydrogens is 274 g/mol. The van der Waals surface area contributed by atoms with Crippen molar-refractivity contribution in [3.05, 3.63) is 24.0 Å². The van der Waals surface area contributed by atoms with Gasteiger partial charge in [-0.25, -0.2) is 4.79 Å². The van der Waals surface area contributed by atoms with Crippen LogP contribution in [0.25, 0.3) is 0 Å². The molecule has 116 valence electrons. The Hall–Kier alpha value is -2.31. The van der Waals surface area contributed by atoms with Crippen LogP contribution in [0.1, 0.15) is 24.2 Å². The molecule has 0 spiro atoms. The average molecular weight is 295 g/mol. The molecule has 1 unspecified atom stereocenters. The molecule has 1 amide bonds. The van der Waals surface area contributed by atoms with Crippen LogP contribution in [0.4, 0.5) is 0 Å². The van der Waals surface area contributed by atoms with E-state index in [0.717, 1.165) is 5.69 Å². The first-order valence-electron chi connectivity index (χ1n) is 6.62. The second-order valence-corrected chi connectivity index (χ2v) is 4.74. The first-order chi connectivity index (χ1) is 9.86. The number of rotatable bonds is 8. The number of aliphatic carboxylic acids is 1. The van der Waals surface area contributed by atoms with E-state index in [2.05, 4.69) is 17.0 Å². The highest BCUT2D eigenvalue weighted by molar-refractivity contribution is 5.84. The van der Waals surface area contributed by atoms with Crippen LogP contribution in [-0.4, -0.2) is 39.4 Å². The Morgan fingerprint density at radius 1 is 1.52 bits per heavy atom. The minimum atomic E-state index is -1.07. The lowest BCUT2D eigenvalue weighted by Gasteiger charge is -2.14. The number of carboxylic acids is 1. The Labute approximate surface area is 123 Å². The van der Waals surface area contributed by atoms with Crippen LogP contribution in [0, 0.1) is 13.8 Å². The van der Waals surface area contributed by atoms with Gasteiger partial charge in [-0.2, -0.15) is 5.10 Å². The molecule has 0 fully saturated rings. The fourth-order valence-corrected chi connectivity index (χ4v) is 1.88. The number of hydrogen-bond acceptors (Lipinski definition) is 4. The van der Waals surface area contributed by atoms with E-state index in [1.165, 1.54) is 0 Å². The van der Waals surface area contributed by atoms with Gasteiger partial charge in [0.1, 0.15) is 11.7 Å². The minimum absolute atomic E-state index is 0.245. The number of carbonyl (C=O) groups excluding carboxylic acids is 1. The molecule has 0 aliphatic rings. The van der Waals surface area contributed by atoms with Crippen molar-refractivity contribution in [2.75, 3.05) is 6.61 Å². The Balaban J connectivity index is 2.56. The average Bonchev–Trinajstić information content (AvgIpc) is 2.66. The van der Waals surface area contributed by atoms with E-state index in [4.69, 9.17) is 9.84 Å². The second kappa shape index (κ2) is 7.47. The molecule has 2 N–H and O–H groups in total. The van der Waals surface area contributed by atoms with E-state index in [1.54, 1.807) is 24.7 Å².